The van der Waals surface area contributed by atoms with Crippen LogP contribution in [-0.4, -0.2) is 31.6 Å². The van der Waals surface area contributed by atoms with Gasteiger partial charge in [0, 0.05) is 6.04 Å². The lowest BCUT2D eigenvalue weighted by Gasteiger charge is -2.41. The minimum atomic E-state index is 0.588. The Hall–Kier alpha value is -0.860. The van der Waals surface area contributed by atoms with E-state index in [-0.39, 0.29) is 0 Å². The fourth-order valence-corrected chi connectivity index (χ4v) is 3.41. The van der Waals surface area contributed by atoms with Gasteiger partial charge in [-0.3, -0.25) is 4.90 Å². The van der Waals surface area contributed by atoms with Crippen LogP contribution in [0.15, 0.2) is 18.2 Å². The van der Waals surface area contributed by atoms with E-state index < -0.39 is 0 Å². The van der Waals surface area contributed by atoms with Crippen LogP contribution in [0.4, 0.5) is 0 Å². The van der Waals surface area contributed by atoms with Crippen LogP contribution < -0.4 is 5.32 Å². The summed E-state index contributed by atoms with van der Waals surface area (Å²) in [5.74, 6) is 0.737. The van der Waals surface area contributed by atoms with Gasteiger partial charge < -0.3 is 5.32 Å². The summed E-state index contributed by atoms with van der Waals surface area (Å²) in [6.45, 7) is 10.2. The average Bonchev–Trinajstić information content (AvgIpc) is 2.42. The number of nitrogens with zero attached hydrogens (tertiary/aromatic N) is 1. The lowest BCUT2D eigenvalue weighted by atomic mass is 9.83. The topological polar surface area (TPSA) is 15.3 Å². The zero-order valence-electron chi connectivity index (χ0n) is 12.9. The van der Waals surface area contributed by atoms with Gasteiger partial charge in [-0.1, -0.05) is 25.1 Å². The van der Waals surface area contributed by atoms with Gasteiger partial charge in [0.05, 0.1) is 0 Å². The molecule has 2 nitrogen and oxygen atoms in total. The Bertz CT molecular complexity index is 412. The van der Waals surface area contributed by atoms with Gasteiger partial charge in [-0.2, -0.15) is 0 Å². The minimum Gasteiger partial charge on any atom is -0.319 e. The first kappa shape index (κ1) is 14.5. The Labute approximate surface area is 118 Å². The van der Waals surface area contributed by atoms with Crippen molar-refractivity contribution in [2.45, 2.75) is 39.7 Å². The highest BCUT2D eigenvalue weighted by Gasteiger charge is 2.31. The van der Waals surface area contributed by atoms with Crippen LogP contribution in [0.1, 0.15) is 42.5 Å². The van der Waals surface area contributed by atoms with E-state index in [0.717, 1.165) is 19.0 Å². The van der Waals surface area contributed by atoms with Crippen molar-refractivity contribution in [3.05, 3.63) is 34.9 Å². The van der Waals surface area contributed by atoms with Crippen molar-refractivity contribution in [3.8, 4) is 0 Å². The first-order chi connectivity index (χ1) is 9.17. The number of piperidine rings is 1. The van der Waals surface area contributed by atoms with Crippen LogP contribution >= 0.6 is 0 Å². The summed E-state index contributed by atoms with van der Waals surface area (Å²) >= 11 is 0. The Morgan fingerprint density at radius 1 is 1.26 bits per heavy atom. The van der Waals surface area contributed by atoms with Crippen LogP contribution in [0.25, 0.3) is 0 Å². The first-order valence-corrected chi connectivity index (χ1v) is 7.63. The van der Waals surface area contributed by atoms with Gasteiger partial charge in [0.15, 0.2) is 0 Å². The van der Waals surface area contributed by atoms with Gasteiger partial charge in [0.25, 0.3) is 0 Å². The Morgan fingerprint density at radius 2 is 2.05 bits per heavy atom. The number of hydrogen-bond donors (Lipinski definition) is 1. The van der Waals surface area contributed by atoms with Crippen LogP contribution in [0.3, 0.4) is 0 Å². The molecule has 0 aliphatic carbocycles. The van der Waals surface area contributed by atoms with Crippen molar-refractivity contribution in [1.82, 2.24) is 10.2 Å². The molecule has 0 amide bonds. The third-order valence-electron chi connectivity index (χ3n) is 4.61. The molecule has 2 heteroatoms. The molecule has 1 aliphatic heterocycles. The summed E-state index contributed by atoms with van der Waals surface area (Å²) in [4.78, 5) is 2.65. The van der Waals surface area contributed by atoms with Crippen molar-refractivity contribution >= 4 is 0 Å². The molecule has 1 aliphatic rings. The minimum absolute atomic E-state index is 0.588. The summed E-state index contributed by atoms with van der Waals surface area (Å²) in [7, 11) is 2.07. The largest absolute Gasteiger partial charge is 0.319 e. The monoisotopic (exact) mass is 260 g/mol. The van der Waals surface area contributed by atoms with Crippen molar-refractivity contribution in [2.24, 2.45) is 5.92 Å². The average molecular weight is 260 g/mol. The fraction of sp³-hybridized carbons (Fsp3) is 0.647. The lowest BCUT2D eigenvalue weighted by molar-refractivity contribution is 0.0981. The second-order valence-corrected chi connectivity index (χ2v) is 5.88. The Kier molecular flexibility index (Phi) is 5.00. The van der Waals surface area contributed by atoms with E-state index in [0.29, 0.717) is 6.04 Å². The quantitative estimate of drug-likeness (QED) is 0.893. The van der Waals surface area contributed by atoms with E-state index in [1.165, 1.54) is 36.1 Å². The molecule has 2 rings (SSSR count). The second kappa shape index (κ2) is 6.53. The smallest absolute Gasteiger partial charge is 0.0388 e. The molecule has 1 aromatic carbocycles. The highest BCUT2D eigenvalue weighted by Crippen LogP contribution is 2.36. The van der Waals surface area contributed by atoms with E-state index in [2.05, 4.69) is 56.2 Å². The van der Waals surface area contributed by atoms with Crippen molar-refractivity contribution < 1.29 is 0 Å². The molecule has 106 valence electrons. The zero-order valence-corrected chi connectivity index (χ0v) is 12.9. The first-order valence-electron chi connectivity index (χ1n) is 7.63. The second-order valence-electron chi connectivity index (χ2n) is 5.88. The molecule has 0 spiro atoms. The summed E-state index contributed by atoms with van der Waals surface area (Å²) in [6, 6.07) is 7.61. The van der Waals surface area contributed by atoms with Crippen LogP contribution in [0.5, 0.6) is 0 Å². The molecule has 0 bridgehead atoms. The predicted octanol–water partition coefficient (Wildman–Crippen LogP) is 3.30. The number of rotatable bonds is 4. The van der Waals surface area contributed by atoms with Crippen molar-refractivity contribution in [1.29, 1.82) is 0 Å². The van der Waals surface area contributed by atoms with Crippen LogP contribution in [0, 0.1) is 19.8 Å². The molecule has 0 radical (unpaired) electrons. The highest BCUT2D eigenvalue weighted by molar-refractivity contribution is 5.32. The van der Waals surface area contributed by atoms with E-state index in [4.69, 9.17) is 0 Å². The number of aryl methyl sites for hydroxylation is 2. The highest BCUT2D eigenvalue weighted by atomic mass is 15.2. The number of nitrogens with one attached hydrogen (secondary N) is 1. The van der Waals surface area contributed by atoms with E-state index in [9.17, 15) is 0 Å². The van der Waals surface area contributed by atoms with E-state index >= 15 is 0 Å². The summed E-state index contributed by atoms with van der Waals surface area (Å²) in [5, 5.41) is 3.38. The molecule has 1 heterocycles. The van der Waals surface area contributed by atoms with Gasteiger partial charge in [0.2, 0.25) is 0 Å². The summed E-state index contributed by atoms with van der Waals surface area (Å²) in [6.07, 6.45) is 2.68. The third-order valence-corrected chi connectivity index (χ3v) is 4.61. The van der Waals surface area contributed by atoms with Crippen molar-refractivity contribution in [3.63, 3.8) is 0 Å². The third kappa shape index (κ3) is 3.18. The molecular weight excluding hydrogens is 232 g/mol. The zero-order chi connectivity index (χ0) is 13.8. The van der Waals surface area contributed by atoms with Gasteiger partial charge in [-0.25, -0.2) is 0 Å². The predicted molar refractivity (Wildman–Crippen MR) is 82.6 cm³/mol. The maximum Gasteiger partial charge on any atom is 0.0388 e. The summed E-state index contributed by atoms with van der Waals surface area (Å²) < 4.78 is 0. The Morgan fingerprint density at radius 3 is 2.68 bits per heavy atom. The maximum atomic E-state index is 3.38. The van der Waals surface area contributed by atoms with E-state index in [1.54, 1.807) is 0 Å². The molecule has 1 saturated heterocycles. The SMILES string of the molecule is CCN1CCCC(CNC)C1c1ccc(C)c(C)c1. The molecule has 1 N–H and O–H groups in total. The fourth-order valence-electron chi connectivity index (χ4n) is 3.41. The molecule has 19 heavy (non-hydrogen) atoms. The maximum absolute atomic E-state index is 3.38. The normalized spacial score (nSPS) is 24.6. The number of likely N-dealkylation sites (tertiary alicyclic amines) is 1. The van der Waals surface area contributed by atoms with E-state index in [1.807, 2.05) is 0 Å². The van der Waals surface area contributed by atoms with Gasteiger partial charge in [-0.05, 0) is 76.0 Å². The van der Waals surface area contributed by atoms with Gasteiger partial charge >= 0.3 is 0 Å². The molecule has 2 atom stereocenters. The summed E-state index contributed by atoms with van der Waals surface area (Å²) in [5.41, 5.74) is 4.32. The molecule has 0 saturated carbocycles. The molecule has 2 unspecified atom stereocenters. The molecule has 0 aromatic heterocycles. The van der Waals surface area contributed by atoms with Crippen molar-refractivity contribution in [2.75, 3.05) is 26.7 Å². The number of hydrogen-bond acceptors (Lipinski definition) is 2. The molecule has 1 fully saturated rings. The molecular formula is C17H28N2. The standard InChI is InChI=1S/C17H28N2/c1-5-19-10-6-7-16(12-18-4)17(19)15-9-8-13(2)14(3)11-15/h8-9,11,16-18H,5-7,10,12H2,1-4H3. The van der Waals surface area contributed by atoms with Gasteiger partial charge in [-0.15, -0.1) is 0 Å². The van der Waals surface area contributed by atoms with Crippen LogP contribution in [-0.2, 0) is 0 Å². The van der Waals surface area contributed by atoms with Crippen LogP contribution in [0.2, 0.25) is 0 Å². The van der Waals surface area contributed by atoms with Gasteiger partial charge in [0.1, 0.15) is 0 Å². The lowest BCUT2D eigenvalue weighted by Crippen LogP contribution is -2.42. The molecule has 1 aromatic rings. The number of benzene rings is 1. The Balaban J connectivity index is 2.30.